The van der Waals surface area contributed by atoms with Crippen LogP contribution in [0.1, 0.15) is 15.9 Å². The number of nitrogens with zero attached hydrogens (tertiary/aromatic N) is 3. The number of carbonyl (C=O) groups is 2. The van der Waals surface area contributed by atoms with Crippen molar-refractivity contribution >= 4 is 34.2 Å². The zero-order chi connectivity index (χ0) is 23.3. The Labute approximate surface area is 188 Å². The van der Waals surface area contributed by atoms with Crippen molar-refractivity contribution in [2.24, 2.45) is 5.73 Å². The number of rotatable bonds is 5. The minimum Gasteiger partial charge on any atom is -0.398 e. The molecule has 3 heterocycles. The van der Waals surface area contributed by atoms with Crippen LogP contribution in [0.15, 0.2) is 60.8 Å². The number of nitrogen functional groups attached to an aromatic ring is 2. The molecule has 0 bridgehead atoms. The number of primary amides is 1. The highest BCUT2D eigenvalue weighted by Gasteiger charge is 2.32. The number of H-pyrrole nitrogens is 1. The van der Waals surface area contributed by atoms with Crippen LogP contribution in [0.5, 0.6) is 0 Å². The molecule has 4 aromatic rings. The molecule has 164 valence electrons. The van der Waals surface area contributed by atoms with E-state index in [0.29, 0.717) is 23.6 Å². The summed E-state index contributed by atoms with van der Waals surface area (Å²) in [4.78, 5) is 30.1. The van der Waals surface area contributed by atoms with Gasteiger partial charge in [0.05, 0.1) is 17.6 Å². The topological polar surface area (TPSA) is 157 Å². The highest BCUT2D eigenvalue weighted by molar-refractivity contribution is 6.06. The van der Waals surface area contributed by atoms with Crippen molar-refractivity contribution in [2.45, 2.75) is 6.54 Å². The van der Waals surface area contributed by atoms with Gasteiger partial charge in [0, 0.05) is 35.0 Å². The summed E-state index contributed by atoms with van der Waals surface area (Å²) in [6.07, 6.45) is 1.68. The molecule has 1 aliphatic heterocycles. The van der Waals surface area contributed by atoms with Crippen LogP contribution in [0.3, 0.4) is 0 Å². The van der Waals surface area contributed by atoms with Gasteiger partial charge in [-0.2, -0.15) is 5.10 Å². The van der Waals surface area contributed by atoms with Crippen LogP contribution in [0.4, 0.5) is 11.5 Å². The highest BCUT2D eigenvalue weighted by atomic mass is 16.2. The van der Waals surface area contributed by atoms with Gasteiger partial charge in [-0.3, -0.25) is 14.7 Å². The number of nitrogens with two attached hydrogens (primary N) is 3. The summed E-state index contributed by atoms with van der Waals surface area (Å²) in [7, 11) is 0. The molecule has 0 aliphatic carbocycles. The third kappa shape index (κ3) is 3.35. The van der Waals surface area contributed by atoms with Gasteiger partial charge in [-0.05, 0) is 47.0 Å². The molecular weight excluding hydrogens is 418 g/mol. The molecular formula is C24H21N7O2. The van der Waals surface area contributed by atoms with E-state index in [2.05, 4.69) is 21.8 Å². The number of anilines is 2. The molecule has 33 heavy (non-hydrogen) atoms. The number of hydrogen-bond acceptors (Lipinski definition) is 6. The van der Waals surface area contributed by atoms with Gasteiger partial charge in [-0.25, -0.2) is 4.98 Å². The van der Waals surface area contributed by atoms with Gasteiger partial charge < -0.3 is 22.1 Å². The first kappa shape index (κ1) is 20.3. The molecule has 1 aliphatic rings. The molecule has 9 nitrogen and oxygen atoms in total. The first-order valence-electron chi connectivity index (χ1n) is 10.2. The van der Waals surface area contributed by atoms with E-state index >= 15 is 0 Å². The molecule has 5 rings (SSSR count). The fourth-order valence-electron chi connectivity index (χ4n) is 4.16. The van der Waals surface area contributed by atoms with Crippen LogP contribution in [0.2, 0.25) is 0 Å². The number of aromatic amines is 1. The van der Waals surface area contributed by atoms with E-state index in [0.717, 1.165) is 38.9 Å². The normalized spacial score (nSPS) is 12.8. The number of fused-ring (bicyclic) bond motifs is 2. The predicted molar refractivity (Wildman–Crippen MR) is 127 cm³/mol. The van der Waals surface area contributed by atoms with Crippen molar-refractivity contribution in [3.63, 3.8) is 0 Å². The lowest BCUT2D eigenvalue weighted by atomic mass is 9.94. The Kier molecular flexibility index (Phi) is 4.59. The van der Waals surface area contributed by atoms with Gasteiger partial charge in [-0.1, -0.05) is 18.7 Å². The fourth-order valence-corrected chi connectivity index (χ4v) is 4.16. The van der Waals surface area contributed by atoms with E-state index < -0.39 is 5.91 Å². The number of benzene rings is 2. The average Bonchev–Trinajstić information content (AvgIpc) is 3.36. The van der Waals surface area contributed by atoms with E-state index in [1.807, 2.05) is 30.3 Å². The zero-order valence-corrected chi connectivity index (χ0v) is 17.6. The van der Waals surface area contributed by atoms with Gasteiger partial charge in [-0.15, -0.1) is 0 Å². The monoisotopic (exact) mass is 439 g/mol. The van der Waals surface area contributed by atoms with Crippen molar-refractivity contribution in [2.75, 3.05) is 18.0 Å². The average molecular weight is 439 g/mol. The summed E-state index contributed by atoms with van der Waals surface area (Å²) in [5.74, 6) is -0.447. The number of carbonyl (C=O) groups excluding carboxylic acids is 2. The first-order chi connectivity index (χ1) is 15.8. The fraction of sp³-hybridized carbons (Fsp3) is 0.0833. The number of hydrogen-bond donors (Lipinski definition) is 4. The second-order valence-corrected chi connectivity index (χ2v) is 7.99. The van der Waals surface area contributed by atoms with E-state index in [-0.39, 0.29) is 18.0 Å². The summed E-state index contributed by atoms with van der Waals surface area (Å²) in [5.41, 5.74) is 23.2. The molecule has 0 atom stereocenters. The van der Waals surface area contributed by atoms with E-state index in [9.17, 15) is 9.59 Å². The number of amides is 2. The molecule has 2 amide bonds. The van der Waals surface area contributed by atoms with E-state index in [4.69, 9.17) is 17.2 Å². The molecule has 2 aromatic carbocycles. The van der Waals surface area contributed by atoms with Gasteiger partial charge in [0.15, 0.2) is 0 Å². The summed E-state index contributed by atoms with van der Waals surface area (Å²) in [6, 6.07) is 13.2. The molecule has 0 saturated heterocycles. The van der Waals surface area contributed by atoms with Gasteiger partial charge in [0.1, 0.15) is 11.5 Å². The Bertz CT molecular complexity index is 1450. The lowest BCUT2D eigenvalue weighted by Gasteiger charge is -2.15. The van der Waals surface area contributed by atoms with Crippen molar-refractivity contribution < 1.29 is 9.59 Å². The lowest BCUT2D eigenvalue weighted by molar-refractivity contribution is -0.114. The molecule has 0 radical (unpaired) electrons. The maximum atomic E-state index is 13.0. The third-order valence-corrected chi connectivity index (χ3v) is 5.86. The Morgan fingerprint density at radius 2 is 1.91 bits per heavy atom. The maximum Gasteiger partial charge on any atom is 0.256 e. The zero-order valence-electron chi connectivity index (χ0n) is 17.6. The summed E-state index contributed by atoms with van der Waals surface area (Å²) < 4.78 is 0. The lowest BCUT2D eigenvalue weighted by Crippen LogP contribution is -2.30. The van der Waals surface area contributed by atoms with Crippen molar-refractivity contribution in [3.8, 4) is 22.4 Å². The second-order valence-electron chi connectivity index (χ2n) is 7.99. The number of pyridine rings is 1. The smallest absolute Gasteiger partial charge is 0.256 e. The van der Waals surface area contributed by atoms with Crippen molar-refractivity contribution in [3.05, 3.63) is 71.9 Å². The predicted octanol–water partition coefficient (Wildman–Crippen LogP) is 2.45. The number of aromatic nitrogens is 3. The molecule has 2 aromatic heterocycles. The Balaban J connectivity index is 1.59. The minimum absolute atomic E-state index is 0.0524. The molecule has 0 spiro atoms. The van der Waals surface area contributed by atoms with E-state index in [1.165, 1.54) is 4.90 Å². The quantitative estimate of drug-likeness (QED) is 0.276. The van der Waals surface area contributed by atoms with Gasteiger partial charge in [0.2, 0.25) is 5.91 Å². The summed E-state index contributed by atoms with van der Waals surface area (Å²) in [5, 5.41) is 8.40. The molecule has 0 fully saturated rings. The van der Waals surface area contributed by atoms with Crippen LogP contribution in [-0.4, -0.2) is 38.4 Å². The highest BCUT2D eigenvalue weighted by Crippen LogP contribution is 2.38. The van der Waals surface area contributed by atoms with Crippen molar-refractivity contribution in [1.82, 2.24) is 20.1 Å². The van der Waals surface area contributed by atoms with Crippen LogP contribution in [-0.2, 0) is 11.3 Å². The van der Waals surface area contributed by atoms with Crippen LogP contribution < -0.4 is 17.2 Å². The van der Waals surface area contributed by atoms with Crippen LogP contribution in [0, 0.1) is 0 Å². The molecule has 9 heteroatoms. The minimum atomic E-state index is -0.637. The van der Waals surface area contributed by atoms with Crippen molar-refractivity contribution in [1.29, 1.82) is 0 Å². The molecule has 0 saturated carbocycles. The Morgan fingerprint density at radius 3 is 2.64 bits per heavy atom. The molecule has 7 N–H and O–H groups in total. The third-order valence-electron chi connectivity index (χ3n) is 5.86. The standard InChI is InChI=1S/C24H21N7O2/c1-12(23(27)32)10-31-11-17-15(4-5-18(25)21(17)24(31)33)13-2-6-19-16(8-13)22(30-29-19)14-3-7-20(26)28-9-14/h2-9H,1,10-11,25H2,(H2,26,28)(H2,27,32)(H,29,30). The first-order valence-corrected chi connectivity index (χ1v) is 10.2. The second kappa shape index (κ2) is 7.49. The van der Waals surface area contributed by atoms with Gasteiger partial charge in [0.25, 0.3) is 5.91 Å². The van der Waals surface area contributed by atoms with Crippen LogP contribution >= 0.6 is 0 Å². The summed E-state index contributed by atoms with van der Waals surface area (Å²) in [6.45, 7) is 4.02. The van der Waals surface area contributed by atoms with Crippen LogP contribution in [0.25, 0.3) is 33.3 Å². The Hall–Kier alpha value is -4.66. The maximum absolute atomic E-state index is 13.0. The van der Waals surface area contributed by atoms with E-state index in [1.54, 1.807) is 18.3 Å². The number of nitrogens with one attached hydrogen (secondary N) is 1. The molecule has 0 unspecified atom stereocenters. The van der Waals surface area contributed by atoms with Gasteiger partial charge >= 0.3 is 0 Å². The summed E-state index contributed by atoms with van der Waals surface area (Å²) >= 11 is 0. The Morgan fingerprint density at radius 1 is 1.12 bits per heavy atom. The largest absolute Gasteiger partial charge is 0.398 e. The SMILES string of the molecule is C=C(CN1Cc2c(-c3ccc4[nH]nc(-c5ccc(N)nc5)c4c3)ccc(N)c2C1=O)C(N)=O.